The van der Waals surface area contributed by atoms with E-state index in [4.69, 9.17) is 11.6 Å². The van der Waals surface area contributed by atoms with Crippen molar-refractivity contribution in [2.24, 2.45) is 0 Å². The van der Waals surface area contributed by atoms with Crippen molar-refractivity contribution in [2.75, 3.05) is 0 Å². The summed E-state index contributed by atoms with van der Waals surface area (Å²) in [6, 6.07) is 3.69. The number of fused-ring (bicyclic) bond motifs is 1. The van der Waals surface area contributed by atoms with Crippen LogP contribution in [0.2, 0.25) is 5.15 Å². The van der Waals surface area contributed by atoms with Crippen molar-refractivity contribution in [3.05, 3.63) is 22.3 Å². The second-order valence-electron chi connectivity index (χ2n) is 4.23. The third-order valence-corrected chi connectivity index (χ3v) is 3.46. The van der Waals surface area contributed by atoms with Gasteiger partial charge in [0, 0.05) is 5.41 Å². The van der Waals surface area contributed by atoms with E-state index < -0.39 is 0 Å². The summed E-state index contributed by atoms with van der Waals surface area (Å²) in [5.41, 5.74) is 1.02. The Morgan fingerprint density at radius 3 is 2.57 bits per heavy atom. The van der Waals surface area contributed by atoms with Gasteiger partial charge in [-0.3, -0.25) is 0 Å². The van der Waals surface area contributed by atoms with E-state index in [9.17, 15) is 0 Å². The van der Waals surface area contributed by atoms with Gasteiger partial charge in [-0.15, -0.1) is 0 Å². The van der Waals surface area contributed by atoms with Crippen LogP contribution in [0.3, 0.4) is 0 Å². The first-order chi connectivity index (χ1) is 6.47. The normalized spacial score (nSPS) is 12.3. The summed E-state index contributed by atoms with van der Waals surface area (Å²) in [5, 5.41) is 1.63. The van der Waals surface area contributed by atoms with Crippen molar-refractivity contribution in [3.63, 3.8) is 0 Å². The molecule has 14 heavy (non-hydrogen) atoms. The third kappa shape index (κ3) is 1.74. The van der Waals surface area contributed by atoms with Gasteiger partial charge in [0.05, 0.1) is 0 Å². The lowest BCUT2D eigenvalue weighted by atomic mass is 9.98. The molecule has 0 N–H and O–H groups in total. The molecule has 0 spiro atoms. The average molecular weight is 227 g/mol. The number of aromatic nitrogens is 2. The zero-order valence-corrected chi connectivity index (χ0v) is 9.91. The van der Waals surface area contributed by atoms with Gasteiger partial charge in [0.25, 0.3) is 0 Å². The van der Waals surface area contributed by atoms with Crippen molar-refractivity contribution in [1.29, 1.82) is 0 Å². The van der Waals surface area contributed by atoms with Gasteiger partial charge >= 0.3 is 0 Å². The van der Waals surface area contributed by atoms with Crippen LogP contribution in [0.15, 0.2) is 12.1 Å². The second-order valence-corrected chi connectivity index (χ2v) is 5.59. The number of nitrogens with zero attached hydrogens (tertiary/aromatic N) is 2. The highest BCUT2D eigenvalue weighted by molar-refractivity contribution is 7.18. The number of halogens is 1. The molecule has 0 aliphatic heterocycles. The zero-order valence-electron chi connectivity index (χ0n) is 8.34. The van der Waals surface area contributed by atoms with E-state index in [0.717, 1.165) is 15.4 Å². The van der Waals surface area contributed by atoms with E-state index in [1.54, 1.807) is 17.4 Å². The molecule has 0 saturated heterocycles. The lowest BCUT2D eigenvalue weighted by Gasteiger charge is -2.12. The van der Waals surface area contributed by atoms with Crippen molar-refractivity contribution < 1.29 is 0 Å². The maximum Gasteiger partial charge on any atom is 0.145 e. The quantitative estimate of drug-likeness (QED) is 0.641. The Bertz CT molecular complexity index is 470. The number of hydrogen-bond acceptors (Lipinski definition) is 3. The van der Waals surface area contributed by atoms with E-state index >= 15 is 0 Å². The molecule has 0 aliphatic rings. The minimum atomic E-state index is 0.0812. The van der Waals surface area contributed by atoms with Gasteiger partial charge in [-0.2, -0.15) is 0 Å². The van der Waals surface area contributed by atoms with E-state index in [1.165, 1.54) is 0 Å². The molecular formula is C10H11ClN2S. The van der Waals surface area contributed by atoms with Crippen LogP contribution >= 0.6 is 22.9 Å². The van der Waals surface area contributed by atoms with Gasteiger partial charge in [0.15, 0.2) is 0 Å². The van der Waals surface area contributed by atoms with E-state index in [1.807, 2.05) is 6.07 Å². The molecule has 2 heterocycles. The number of thiazole rings is 1. The molecule has 2 nitrogen and oxygen atoms in total. The minimum Gasteiger partial charge on any atom is -0.239 e. The van der Waals surface area contributed by atoms with Crippen LogP contribution < -0.4 is 0 Å². The molecule has 2 rings (SSSR count). The minimum absolute atomic E-state index is 0.0812. The Hall–Kier alpha value is -0.670. The van der Waals surface area contributed by atoms with Gasteiger partial charge in [-0.1, -0.05) is 43.7 Å². The van der Waals surface area contributed by atoms with Crippen LogP contribution in [-0.4, -0.2) is 9.97 Å². The smallest absolute Gasteiger partial charge is 0.145 e. The molecular weight excluding hydrogens is 216 g/mol. The molecule has 74 valence electrons. The summed E-state index contributed by atoms with van der Waals surface area (Å²) < 4.78 is 0. The third-order valence-electron chi connectivity index (χ3n) is 1.86. The highest BCUT2D eigenvalue weighted by Crippen LogP contribution is 2.30. The first-order valence-corrected chi connectivity index (χ1v) is 5.60. The van der Waals surface area contributed by atoms with Crippen molar-refractivity contribution in [2.45, 2.75) is 26.2 Å². The van der Waals surface area contributed by atoms with Crippen LogP contribution in [0.5, 0.6) is 0 Å². The number of hydrogen-bond donors (Lipinski definition) is 0. The van der Waals surface area contributed by atoms with E-state index in [0.29, 0.717) is 5.15 Å². The van der Waals surface area contributed by atoms with Crippen LogP contribution in [0.4, 0.5) is 0 Å². The fraction of sp³-hybridized carbons (Fsp3) is 0.400. The molecule has 0 aliphatic carbocycles. The highest BCUT2D eigenvalue weighted by atomic mass is 35.5. The average Bonchev–Trinajstić information content (AvgIpc) is 2.45. The Balaban J connectivity index is 2.63. The van der Waals surface area contributed by atoms with Crippen molar-refractivity contribution in [3.8, 4) is 0 Å². The molecule has 0 unspecified atom stereocenters. The maximum absolute atomic E-state index is 5.81. The molecule has 0 aromatic carbocycles. The summed E-state index contributed by atoms with van der Waals surface area (Å²) in [6.45, 7) is 6.44. The molecule has 2 aromatic heterocycles. The fourth-order valence-electron chi connectivity index (χ4n) is 1.12. The summed E-state index contributed by atoms with van der Waals surface area (Å²) in [6.07, 6.45) is 0. The summed E-state index contributed by atoms with van der Waals surface area (Å²) in [5.74, 6) is 0. The summed E-state index contributed by atoms with van der Waals surface area (Å²) >= 11 is 7.42. The van der Waals surface area contributed by atoms with Crippen molar-refractivity contribution >= 4 is 33.3 Å². The van der Waals surface area contributed by atoms with Crippen LogP contribution in [-0.2, 0) is 5.41 Å². The van der Waals surface area contributed by atoms with Crippen LogP contribution in [0, 0.1) is 0 Å². The number of pyridine rings is 1. The SMILES string of the molecule is CC(C)(C)c1nc2ccc(Cl)nc2s1. The monoisotopic (exact) mass is 226 g/mol. The summed E-state index contributed by atoms with van der Waals surface area (Å²) in [4.78, 5) is 9.67. The van der Waals surface area contributed by atoms with Crippen LogP contribution in [0.25, 0.3) is 10.3 Å². The predicted molar refractivity (Wildman–Crippen MR) is 61.1 cm³/mol. The predicted octanol–water partition coefficient (Wildman–Crippen LogP) is 3.64. The molecule has 0 fully saturated rings. The van der Waals surface area contributed by atoms with Gasteiger partial charge < -0.3 is 0 Å². The zero-order chi connectivity index (χ0) is 10.3. The lowest BCUT2D eigenvalue weighted by molar-refractivity contribution is 0.587. The molecule has 4 heteroatoms. The van der Waals surface area contributed by atoms with Gasteiger partial charge in [0.2, 0.25) is 0 Å². The van der Waals surface area contributed by atoms with Crippen LogP contribution in [0.1, 0.15) is 25.8 Å². The molecule has 0 bridgehead atoms. The Kier molecular flexibility index (Phi) is 2.24. The van der Waals surface area contributed by atoms with Gasteiger partial charge in [0.1, 0.15) is 20.5 Å². The Morgan fingerprint density at radius 2 is 1.93 bits per heavy atom. The molecule has 0 amide bonds. The molecule has 0 radical (unpaired) electrons. The Labute approximate surface area is 92.0 Å². The highest BCUT2D eigenvalue weighted by Gasteiger charge is 2.19. The fourth-order valence-corrected chi connectivity index (χ4v) is 2.31. The maximum atomic E-state index is 5.81. The van der Waals surface area contributed by atoms with Crippen molar-refractivity contribution in [1.82, 2.24) is 9.97 Å². The summed E-state index contributed by atoms with van der Waals surface area (Å²) in [7, 11) is 0. The van der Waals surface area contributed by atoms with Gasteiger partial charge in [-0.25, -0.2) is 9.97 Å². The largest absolute Gasteiger partial charge is 0.239 e. The molecule has 0 atom stereocenters. The Morgan fingerprint density at radius 1 is 1.21 bits per heavy atom. The first-order valence-electron chi connectivity index (χ1n) is 4.40. The molecule has 2 aromatic rings. The lowest BCUT2D eigenvalue weighted by Crippen LogP contribution is -2.09. The first kappa shape index (κ1) is 9.87. The molecule has 0 saturated carbocycles. The number of rotatable bonds is 0. The van der Waals surface area contributed by atoms with E-state index in [-0.39, 0.29) is 5.41 Å². The van der Waals surface area contributed by atoms with E-state index in [2.05, 4.69) is 30.7 Å². The topological polar surface area (TPSA) is 25.8 Å². The van der Waals surface area contributed by atoms with Gasteiger partial charge in [-0.05, 0) is 12.1 Å². The standard InChI is InChI=1S/C10H11ClN2S/c1-10(2,3)9-12-6-4-5-7(11)13-8(6)14-9/h4-5H,1-3H3. The second kappa shape index (κ2) is 3.17.